The Hall–Kier alpha value is -1.62. The molecular formula is C9H9N3OS. The van der Waals surface area contributed by atoms with E-state index in [1.165, 1.54) is 11.3 Å². The lowest BCUT2D eigenvalue weighted by molar-refractivity contribution is 0.414. The lowest BCUT2D eigenvalue weighted by atomic mass is 10.2. The Morgan fingerprint density at radius 2 is 2.36 bits per heavy atom. The summed E-state index contributed by atoms with van der Waals surface area (Å²) >= 11 is 1.41. The summed E-state index contributed by atoms with van der Waals surface area (Å²) in [6, 6.07) is 1.85. The first kappa shape index (κ1) is 8.96. The standard InChI is InChI=1S/C9H9N3OS/c1-13-8-4-11-3-2-6(8)7-5-14-9(10)12-7/h2-5H,1H3,(H2,10,12). The Morgan fingerprint density at radius 3 is 3.00 bits per heavy atom. The topological polar surface area (TPSA) is 61.0 Å². The molecule has 0 atom stereocenters. The third kappa shape index (κ3) is 1.54. The van der Waals surface area contributed by atoms with Gasteiger partial charge in [-0.25, -0.2) is 4.98 Å². The van der Waals surface area contributed by atoms with E-state index in [0.717, 1.165) is 11.3 Å². The van der Waals surface area contributed by atoms with Crippen LogP contribution >= 0.6 is 11.3 Å². The Kier molecular flexibility index (Phi) is 2.32. The molecule has 0 aliphatic rings. The average Bonchev–Trinajstić information content (AvgIpc) is 2.65. The van der Waals surface area contributed by atoms with Crippen molar-refractivity contribution in [3.63, 3.8) is 0 Å². The van der Waals surface area contributed by atoms with Gasteiger partial charge in [0.1, 0.15) is 5.75 Å². The zero-order chi connectivity index (χ0) is 9.97. The second-order valence-electron chi connectivity index (χ2n) is 2.65. The summed E-state index contributed by atoms with van der Waals surface area (Å²) in [6.07, 6.45) is 3.36. The van der Waals surface area contributed by atoms with E-state index in [2.05, 4.69) is 9.97 Å². The minimum absolute atomic E-state index is 0.555. The number of hydrogen-bond acceptors (Lipinski definition) is 5. The number of rotatable bonds is 2. The van der Waals surface area contributed by atoms with Gasteiger partial charge >= 0.3 is 0 Å². The van der Waals surface area contributed by atoms with E-state index in [9.17, 15) is 0 Å². The summed E-state index contributed by atoms with van der Waals surface area (Å²) in [6.45, 7) is 0. The summed E-state index contributed by atoms with van der Waals surface area (Å²) < 4.78 is 5.17. The minimum atomic E-state index is 0.555. The fourth-order valence-electron chi connectivity index (χ4n) is 1.17. The van der Waals surface area contributed by atoms with E-state index in [1.54, 1.807) is 19.5 Å². The molecule has 0 aliphatic heterocycles. The highest BCUT2D eigenvalue weighted by Gasteiger charge is 2.07. The van der Waals surface area contributed by atoms with Gasteiger partial charge in [0, 0.05) is 17.1 Å². The smallest absolute Gasteiger partial charge is 0.180 e. The fraction of sp³-hybridized carbons (Fsp3) is 0.111. The molecule has 0 saturated carbocycles. The molecule has 14 heavy (non-hydrogen) atoms. The predicted molar refractivity (Wildman–Crippen MR) is 56.3 cm³/mol. The summed E-state index contributed by atoms with van der Waals surface area (Å²) in [5.41, 5.74) is 7.30. The summed E-state index contributed by atoms with van der Waals surface area (Å²) in [5.74, 6) is 0.706. The van der Waals surface area contributed by atoms with Crippen molar-refractivity contribution in [2.75, 3.05) is 12.8 Å². The summed E-state index contributed by atoms with van der Waals surface area (Å²) in [7, 11) is 1.61. The first-order chi connectivity index (χ1) is 6.81. The van der Waals surface area contributed by atoms with Gasteiger partial charge in [0.05, 0.1) is 19.0 Å². The molecular weight excluding hydrogens is 198 g/mol. The molecule has 0 unspecified atom stereocenters. The number of nitrogens with zero attached hydrogens (tertiary/aromatic N) is 2. The van der Waals surface area contributed by atoms with Crippen LogP contribution in [-0.2, 0) is 0 Å². The molecule has 4 nitrogen and oxygen atoms in total. The van der Waals surface area contributed by atoms with E-state index in [1.807, 2.05) is 11.4 Å². The van der Waals surface area contributed by atoms with Crippen LogP contribution in [0.5, 0.6) is 5.75 Å². The molecule has 0 fully saturated rings. The average molecular weight is 207 g/mol. The van der Waals surface area contributed by atoms with Crippen molar-refractivity contribution in [1.82, 2.24) is 9.97 Å². The van der Waals surface area contributed by atoms with Crippen LogP contribution < -0.4 is 10.5 Å². The molecule has 72 valence electrons. The number of ether oxygens (including phenoxy) is 1. The van der Waals surface area contributed by atoms with Gasteiger partial charge in [-0.05, 0) is 6.07 Å². The molecule has 2 aromatic rings. The maximum atomic E-state index is 5.56. The van der Waals surface area contributed by atoms with Gasteiger partial charge in [-0.15, -0.1) is 11.3 Å². The van der Waals surface area contributed by atoms with Crippen molar-refractivity contribution in [3.8, 4) is 17.0 Å². The second-order valence-corrected chi connectivity index (χ2v) is 3.54. The van der Waals surface area contributed by atoms with Crippen molar-refractivity contribution in [2.45, 2.75) is 0 Å². The normalized spacial score (nSPS) is 10.1. The molecule has 0 aliphatic carbocycles. The van der Waals surface area contributed by atoms with Gasteiger partial charge in [0.2, 0.25) is 0 Å². The summed E-state index contributed by atoms with van der Waals surface area (Å²) in [5, 5.41) is 2.45. The van der Waals surface area contributed by atoms with Crippen LogP contribution in [0.15, 0.2) is 23.8 Å². The number of methoxy groups -OCH3 is 1. The molecule has 2 rings (SSSR count). The molecule has 2 aromatic heterocycles. The highest BCUT2D eigenvalue weighted by molar-refractivity contribution is 7.13. The van der Waals surface area contributed by atoms with E-state index in [-0.39, 0.29) is 0 Å². The third-order valence-corrected chi connectivity index (χ3v) is 2.48. The highest BCUT2D eigenvalue weighted by Crippen LogP contribution is 2.29. The first-order valence-electron chi connectivity index (χ1n) is 4.00. The zero-order valence-electron chi connectivity index (χ0n) is 7.60. The summed E-state index contributed by atoms with van der Waals surface area (Å²) in [4.78, 5) is 8.15. The molecule has 0 bridgehead atoms. The van der Waals surface area contributed by atoms with Gasteiger partial charge in [0.15, 0.2) is 5.13 Å². The van der Waals surface area contributed by atoms with Gasteiger partial charge < -0.3 is 10.5 Å². The van der Waals surface area contributed by atoms with Gasteiger partial charge in [-0.3, -0.25) is 4.98 Å². The largest absolute Gasteiger partial charge is 0.494 e. The van der Waals surface area contributed by atoms with Crippen LogP contribution in [0.4, 0.5) is 5.13 Å². The molecule has 0 amide bonds. The predicted octanol–water partition coefficient (Wildman–Crippen LogP) is 1.80. The maximum absolute atomic E-state index is 5.56. The Labute approximate surface area is 85.4 Å². The number of hydrogen-bond donors (Lipinski definition) is 1. The molecule has 0 radical (unpaired) electrons. The van der Waals surface area contributed by atoms with E-state index in [4.69, 9.17) is 10.5 Å². The van der Waals surface area contributed by atoms with Gasteiger partial charge in [-0.1, -0.05) is 0 Å². The van der Waals surface area contributed by atoms with Crippen molar-refractivity contribution < 1.29 is 4.74 Å². The molecule has 5 heteroatoms. The molecule has 0 saturated heterocycles. The van der Waals surface area contributed by atoms with Crippen LogP contribution in [0.1, 0.15) is 0 Å². The van der Waals surface area contributed by atoms with E-state index >= 15 is 0 Å². The number of nitrogen functional groups attached to an aromatic ring is 1. The number of aromatic nitrogens is 2. The molecule has 2 heterocycles. The Balaban J connectivity index is 2.50. The lowest BCUT2D eigenvalue weighted by Gasteiger charge is -2.03. The minimum Gasteiger partial charge on any atom is -0.494 e. The van der Waals surface area contributed by atoms with Gasteiger partial charge in [-0.2, -0.15) is 0 Å². The van der Waals surface area contributed by atoms with Crippen LogP contribution in [-0.4, -0.2) is 17.1 Å². The van der Waals surface area contributed by atoms with Crippen LogP contribution in [0.2, 0.25) is 0 Å². The highest BCUT2D eigenvalue weighted by atomic mass is 32.1. The number of pyridine rings is 1. The van der Waals surface area contributed by atoms with Crippen LogP contribution in [0, 0.1) is 0 Å². The van der Waals surface area contributed by atoms with Crippen LogP contribution in [0.25, 0.3) is 11.3 Å². The second kappa shape index (κ2) is 3.63. The van der Waals surface area contributed by atoms with E-state index < -0.39 is 0 Å². The van der Waals surface area contributed by atoms with Crippen molar-refractivity contribution in [1.29, 1.82) is 0 Å². The monoisotopic (exact) mass is 207 g/mol. The third-order valence-electron chi connectivity index (χ3n) is 1.80. The van der Waals surface area contributed by atoms with Crippen molar-refractivity contribution in [2.24, 2.45) is 0 Å². The first-order valence-corrected chi connectivity index (χ1v) is 4.88. The fourth-order valence-corrected chi connectivity index (χ4v) is 1.73. The van der Waals surface area contributed by atoms with Crippen molar-refractivity contribution in [3.05, 3.63) is 23.8 Å². The lowest BCUT2D eigenvalue weighted by Crippen LogP contribution is -1.89. The Morgan fingerprint density at radius 1 is 1.50 bits per heavy atom. The molecule has 2 N–H and O–H groups in total. The molecule has 0 aromatic carbocycles. The quantitative estimate of drug-likeness (QED) is 0.815. The van der Waals surface area contributed by atoms with Gasteiger partial charge in [0.25, 0.3) is 0 Å². The van der Waals surface area contributed by atoms with Crippen molar-refractivity contribution >= 4 is 16.5 Å². The van der Waals surface area contributed by atoms with E-state index in [0.29, 0.717) is 10.9 Å². The number of nitrogens with two attached hydrogens (primary N) is 1. The SMILES string of the molecule is COc1cnccc1-c1csc(N)n1. The number of thiazole rings is 1. The zero-order valence-corrected chi connectivity index (χ0v) is 8.41. The van der Waals surface area contributed by atoms with Crippen LogP contribution in [0.3, 0.4) is 0 Å². The maximum Gasteiger partial charge on any atom is 0.180 e. The number of anilines is 1. The molecule has 0 spiro atoms. The Bertz CT molecular complexity index is 441.